The van der Waals surface area contributed by atoms with Gasteiger partial charge in [-0.2, -0.15) is 15.0 Å². The van der Waals surface area contributed by atoms with Gasteiger partial charge in [-0.25, -0.2) is 0 Å². The smallest absolute Gasteiger partial charge is 0.0967 e. The average molecular weight is 246 g/mol. The normalized spacial score (nSPS) is 26.4. The molecule has 2 atom stereocenters. The van der Waals surface area contributed by atoms with E-state index in [9.17, 15) is 0 Å². The molecular formula is C10H20ClN5. The van der Waals surface area contributed by atoms with Crippen LogP contribution in [0.25, 0.3) is 0 Å². The van der Waals surface area contributed by atoms with Crippen LogP contribution in [0.4, 0.5) is 0 Å². The molecule has 0 spiro atoms. The number of hydrogen-bond acceptors (Lipinski definition) is 4. The number of aryl methyl sites for hydroxylation is 1. The van der Waals surface area contributed by atoms with Crippen LogP contribution in [-0.2, 0) is 13.6 Å². The lowest BCUT2D eigenvalue weighted by molar-refractivity contribution is 0.164. The zero-order valence-electron chi connectivity index (χ0n) is 10.1. The van der Waals surface area contributed by atoms with E-state index >= 15 is 0 Å². The number of rotatable bonds is 2. The summed E-state index contributed by atoms with van der Waals surface area (Å²) < 4.78 is 0. The fraction of sp³-hybridized carbons (Fsp3) is 0.800. The Morgan fingerprint density at radius 1 is 1.38 bits per heavy atom. The number of aromatic nitrogens is 3. The molecule has 0 aromatic carbocycles. The summed E-state index contributed by atoms with van der Waals surface area (Å²) in [4.78, 5) is 4.04. The maximum absolute atomic E-state index is 4.30. The molecule has 0 aliphatic carbocycles. The quantitative estimate of drug-likeness (QED) is 0.821. The fourth-order valence-corrected chi connectivity index (χ4v) is 2.26. The highest BCUT2D eigenvalue weighted by molar-refractivity contribution is 5.85. The monoisotopic (exact) mass is 245 g/mol. The van der Waals surface area contributed by atoms with Crippen molar-refractivity contribution < 1.29 is 0 Å². The van der Waals surface area contributed by atoms with Crippen LogP contribution in [0.15, 0.2) is 6.20 Å². The summed E-state index contributed by atoms with van der Waals surface area (Å²) in [5.74, 6) is 0. The molecule has 1 N–H and O–H groups in total. The maximum atomic E-state index is 4.30. The van der Waals surface area contributed by atoms with E-state index in [1.54, 1.807) is 4.80 Å². The summed E-state index contributed by atoms with van der Waals surface area (Å²) in [5, 5.41) is 11.9. The van der Waals surface area contributed by atoms with Gasteiger partial charge in [-0.3, -0.25) is 4.90 Å². The van der Waals surface area contributed by atoms with Crippen LogP contribution in [0, 0.1) is 0 Å². The first kappa shape index (κ1) is 13.4. The lowest BCUT2D eigenvalue weighted by Gasteiger charge is -2.35. The molecule has 0 saturated carbocycles. The fourth-order valence-electron chi connectivity index (χ4n) is 2.26. The van der Waals surface area contributed by atoms with Gasteiger partial charge in [0.05, 0.1) is 11.9 Å². The topological polar surface area (TPSA) is 46.0 Å². The largest absolute Gasteiger partial charge is 0.309 e. The Balaban J connectivity index is 0.00000128. The van der Waals surface area contributed by atoms with Gasteiger partial charge in [0, 0.05) is 38.8 Å². The van der Waals surface area contributed by atoms with Gasteiger partial charge in [0.15, 0.2) is 0 Å². The molecule has 1 aliphatic heterocycles. The molecule has 0 radical (unpaired) electrons. The summed E-state index contributed by atoms with van der Waals surface area (Å²) in [6.07, 6.45) is 1.84. The van der Waals surface area contributed by atoms with E-state index in [0.717, 1.165) is 25.3 Å². The SMILES string of the molecule is CC1CN(Cc2cnn(C)n2)CC(C)N1.Cl. The number of nitrogens with zero attached hydrogens (tertiary/aromatic N) is 4. The van der Waals surface area contributed by atoms with Gasteiger partial charge in [-0.15, -0.1) is 12.4 Å². The number of hydrogen-bond donors (Lipinski definition) is 1. The van der Waals surface area contributed by atoms with Gasteiger partial charge >= 0.3 is 0 Å². The lowest BCUT2D eigenvalue weighted by Crippen LogP contribution is -2.53. The Hall–Kier alpha value is -0.650. The Bertz CT molecular complexity index is 317. The lowest BCUT2D eigenvalue weighted by atomic mass is 10.1. The van der Waals surface area contributed by atoms with Crippen LogP contribution >= 0.6 is 12.4 Å². The van der Waals surface area contributed by atoms with Crippen LogP contribution in [-0.4, -0.2) is 45.1 Å². The zero-order chi connectivity index (χ0) is 10.8. The standard InChI is InChI=1S/C10H19N5.ClH/c1-8-5-15(6-9(2)12-8)7-10-4-11-14(3)13-10;/h4,8-9,12H,5-7H2,1-3H3;1H. The van der Waals surface area contributed by atoms with E-state index in [0.29, 0.717) is 12.1 Å². The van der Waals surface area contributed by atoms with Gasteiger partial charge in [0.1, 0.15) is 0 Å². The molecule has 0 bridgehead atoms. The second-order valence-corrected chi connectivity index (χ2v) is 4.49. The highest BCUT2D eigenvalue weighted by Gasteiger charge is 2.21. The zero-order valence-corrected chi connectivity index (χ0v) is 10.9. The van der Waals surface area contributed by atoms with Gasteiger partial charge in [-0.1, -0.05) is 0 Å². The molecule has 1 aliphatic rings. The van der Waals surface area contributed by atoms with E-state index in [4.69, 9.17) is 0 Å². The second kappa shape index (κ2) is 5.61. The summed E-state index contributed by atoms with van der Waals surface area (Å²) in [6, 6.07) is 1.12. The molecule has 1 aromatic rings. The second-order valence-electron chi connectivity index (χ2n) is 4.49. The Kier molecular flexibility index (Phi) is 4.70. The molecule has 0 amide bonds. The van der Waals surface area contributed by atoms with Crippen molar-refractivity contribution in [3.05, 3.63) is 11.9 Å². The molecule has 1 aromatic heterocycles. The predicted octanol–water partition coefficient (Wildman–Crippen LogP) is 0.419. The Labute approximate surface area is 103 Å². The van der Waals surface area contributed by atoms with Crippen molar-refractivity contribution in [2.75, 3.05) is 13.1 Å². The third kappa shape index (κ3) is 3.43. The number of piperazine rings is 1. The summed E-state index contributed by atoms with van der Waals surface area (Å²) in [7, 11) is 1.85. The first-order chi connectivity index (χ1) is 7.13. The molecule has 92 valence electrons. The first-order valence-electron chi connectivity index (χ1n) is 5.47. The summed E-state index contributed by atoms with van der Waals surface area (Å²) >= 11 is 0. The molecule has 16 heavy (non-hydrogen) atoms. The minimum absolute atomic E-state index is 0. The molecule has 1 saturated heterocycles. The molecule has 6 heteroatoms. The van der Waals surface area contributed by atoms with Crippen molar-refractivity contribution in [1.29, 1.82) is 0 Å². The number of halogens is 1. The Morgan fingerprint density at radius 3 is 2.50 bits per heavy atom. The molecule has 5 nitrogen and oxygen atoms in total. The minimum atomic E-state index is 0. The molecule has 2 unspecified atom stereocenters. The highest BCUT2D eigenvalue weighted by atomic mass is 35.5. The van der Waals surface area contributed by atoms with E-state index in [1.807, 2.05) is 13.2 Å². The Morgan fingerprint density at radius 2 is 2.00 bits per heavy atom. The van der Waals surface area contributed by atoms with E-state index < -0.39 is 0 Å². The van der Waals surface area contributed by atoms with E-state index in [1.165, 1.54) is 0 Å². The summed E-state index contributed by atoms with van der Waals surface area (Å²) in [5.41, 5.74) is 1.05. The maximum Gasteiger partial charge on any atom is 0.0967 e. The molecule has 1 fully saturated rings. The highest BCUT2D eigenvalue weighted by Crippen LogP contribution is 2.07. The van der Waals surface area contributed by atoms with Crippen LogP contribution in [0.5, 0.6) is 0 Å². The predicted molar refractivity (Wildman–Crippen MR) is 65.6 cm³/mol. The van der Waals surface area contributed by atoms with Crippen molar-refractivity contribution >= 4 is 12.4 Å². The molecular weight excluding hydrogens is 226 g/mol. The molecule has 2 rings (SSSR count). The van der Waals surface area contributed by atoms with Crippen molar-refractivity contribution in [3.8, 4) is 0 Å². The van der Waals surface area contributed by atoms with Crippen LogP contribution in [0.3, 0.4) is 0 Å². The summed E-state index contributed by atoms with van der Waals surface area (Å²) in [6.45, 7) is 7.52. The third-order valence-corrected chi connectivity index (χ3v) is 2.67. The van der Waals surface area contributed by atoms with Crippen LogP contribution in [0.1, 0.15) is 19.5 Å². The van der Waals surface area contributed by atoms with Crippen molar-refractivity contribution in [2.24, 2.45) is 7.05 Å². The van der Waals surface area contributed by atoms with Crippen LogP contribution < -0.4 is 5.32 Å². The van der Waals surface area contributed by atoms with Gasteiger partial charge in [0.25, 0.3) is 0 Å². The third-order valence-electron chi connectivity index (χ3n) is 2.67. The van der Waals surface area contributed by atoms with Crippen molar-refractivity contribution in [2.45, 2.75) is 32.5 Å². The first-order valence-corrected chi connectivity index (χ1v) is 5.47. The molecule has 2 heterocycles. The van der Waals surface area contributed by atoms with Crippen LogP contribution in [0.2, 0.25) is 0 Å². The van der Waals surface area contributed by atoms with Crippen molar-refractivity contribution in [1.82, 2.24) is 25.2 Å². The van der Waals surface area contributed by atoms with Gasteiger partial charge in [0.2, 0.25) is 0 Å². The minimum Gasteiger partial charge on any atom is -0.309 e. The van der Waals surface area contributed by atoms with Crippen molar-refractivity contribution in [3.63, 3.8) is 0 Å². The average Bonchev–Trinajstić information content (AvgIpc) is 2.49. The van der Waals surface area contributed by atoms with E-state index in [2.05, 4.69) is 34.3 Å². The van der Waals surface area contributed by atoms with E-state index in [-0.39, 0.29) is 12.4 Å². The number of nitrogens with one attached hydrogen (secondary N) is 1. The van der Waals surface area contributed by atoms with Gasteiger partial charge < -0.3 is 5.32 Å². The van der Waals surface area contributed by atoms with Gasteiger partial charge in [-0.05, 0) is 13.8 Å².